The number of carboxylic acid groups (broad SMARTS) is 1. The minimum Gasteiger partial charge on any atom is -0.478 e. The molecule has 0 saturated carbocycles. The highest BCUT2D eigenvalue weighted by atomic mass is 19.1. The summed E-state index contributed by atoms with van der Waals surface area (Å²) in [4.78, 5) is 22.4. The van der Waals surface area contributed by atoms with Crippen LogP contribution < -0.4 is 10.6 Å². The van der Waals surface area contributed by atoms with Gasteiger partial charge in [0.1, 0.15) is 11.6 Å². The molecular formula is C13H16F2N2O4. The summed E-state index contributed by atoms with van der Waals surface area (Å²) in [6, 6.07) is 0.0547. The number of halogens is 2. The fourth-order valence-corrected chi connectivity index (χ4v) is 1.53. The lowest BCUT2D eigenvalue weighted by atomic mass is 10.2. The standard InChI is InChI=1S/C13H16F2N2O4/c1-3-21-6-7(2)16-13(20)17-11-4-8(12(18)19)9(14)5-10(11)15/h4-5,7H,3,6H2,1-2H3,(H,18,19)(H2,16,17,20). The highest BCUT2D eigenvalue weighted by Gasteiger charge is 2.17. The number of amides is 2. The Morgan fingerprint density at radius 2 is 2.00 bits per heavy atom. The molecule has 8 heteroatoms. The van der Waals surface area contributed by atoms with Gasteiger partial charge in [0.2, 0.25) is 0 Å². The van der Waals surface area contributed by atoms with Crippen LogP contribution in [0.3, 0.4) is 0 Å². The van der Waals surface area contributed by atoms with Crippen molar-refractivity contribution in [3.8, 4) is 0 Å². The maximum Gasteiger partial charge on any atom is 0.338 e. The summed E-state index contributed by atoms with van der Waals surface area (Å²) in [5.74, 6) is -3.83. The molecule has 0 saturated heterocycles. The number of rotatable bonds is 6. The van der Waals surface area contributed by atoms with Crippen LogP contribution in [-0.2, 0) is 4.74 Å². The number of hydrogen-bond donors (Lipinski definition) is 3. The summed E-state index contributed by atoms with van der Waals surface area (Å²) in [6.07, 6.45) is 0. The fourth-order valence-electron chi connectivity index (χ4n) is 1.53. The number of carbonyl (C=O) groups excluding carboxylic acids is 1. The Morgan fingerprint density at radius 3 is 2.57 bits per heavy atom. The highest BCUT2D eigenvalue weighted by molar-refractivity contribution is 5.93. The number of benzene rings is 1. The zero-order valence-electron chi connectivity index (χ0n) is 11.6. The second kappa shape index (κ2) is 7.53. The second-order valence-electron chi connectivity index (χ2n) is 4.28. The maximum absolute atomic E-state index is 13.5. The molecule has 21 heavy (non-hydrogen) atoms. The first-order valence-electron chi connectivity index (χ1n) is 6.22. The van der Waals surface area contributed by atoms with Crippen LogP contribution in [0.25, 0.3) is 0 Å². The lowest BCUT2D eigenvalue weighted by Crippen LogP contribution is -2.39. The average Bonchev–Trinajstić information content (AvgIpc) is 2.39. The molecule has 1 rings (SSSR count). The van der Waals surface area contributed by atoms with E-state index in [2.05, 4.69) is 10.6 Å². The first-order chi connectivity index (χ1) is 9.85. The van der Waals surface area contributed by atoms with Gasteiger partial charge in [-0.2, -0.15) is 0 Å². The topological polar surface area (TPSA) is 87.7 Å². The molecule has 1 aromatic carbocycles. The quantitative estimate of drug-likeness (QED) is 0.752. The predicted molar refractivity (Wildman–Crippen MR) is 71.4 cm³/mol. The van der Waals surface area contributed by atoms with E-state index in [1.807, 2.05) is 0 Å². The Morgan fingerprint density at radius 1 is 1.33 bits per heavy atom. The summed E-state index contributed by atoms with van der Waals surface area (Å²) < 4.78 is 31.8. The average molecular weight is 302 g/mol. The van der Waals surface area contributed by atoms with E-state index in [9.17, 15) is 18.4 Å². The number of ether oxygens (including phenoxy) is 1. The predicted octanol–water partition coefficient (Wildman–Crippen LogP) is 2.21. The van der Waals surface area contributed by atoms with Crippen LogP contribution in [0.4, 0.5) is 19.3 Å². The number of carbonyl (C=O) groups is 2. The van der Waals surface area contributed by atoms with Gasteiger partial charge in [-0.05, 0) is 19.9 Å². The van der Waals surface area contributed by atoms with Gasteiger partial charge in [0, 0.05) is 12.7 Å². The Hall–Kier alpha value is -2.22. The van der Waals surface area contributed by atoms with Gasteiger partial charge in [0.05, 0.1) is 23.9 Å². The van der Waals surface area contributed by atoms with E-state index < -0.39 is 34.9 Å². The third-order valence-corrected chi connectivity index (χ3v) is 2.48. The molecule has 0 radical (unpaired) electrons. The minimum atomic E-state index is -1.55. The van der Waals surface area contributed by atoms with E-state index >= 15 is 0 Å². The van der Waals surface area contributed by atoms with Crippen molar-refractivity contribution >= 4 is 17.7 Å². The molecule has 1 atom stereocenters. The van der Waals surface area contributed by atoms with Crippen LogP contribution in [0.5, 0.6) is 0 Å². The number of aromatic carboxylic acids is 1. The molecule has 0 aliphatic rings. The molecule has 6 nitrogen and oxygen atoms in total. The molecule has 0 spiro atoms. The second-order valence-corrected chi connectivity index (χ2v) is 4.28. The van der Waals surface area contributed by atoms with E-state index in [0.717, 1.165) is 6.07 Å². The summed E-state index contributed by atoms with van der Waals surface area (Å²) in [5.41, 5.74) is -1.15. The fraction of sp³-hybridized carbons (Fsp3) is 0.385. The number of carboxylic acids is 1. The number of hydrogen-bond acceptors (Lipinski definition) is 3. The normalized spacial score (nSPS) is 11.8. The van der Waals surface area contributed by atoms with Crippen molar-refractivity contribution in [2.75, 3.05) is 18.5 Å². The number of anilines is 1. The first kappa shape index (κ1) is 16.8. The Labute approximate surface area is 120 Å². The molecule has 2 amide bonds. The maximum atomic E-state index is 13.5. The van der Waals surface area contributed by atoms with E-state index in [-0.39, 0.29) is 12.6 Å². The third-order valence-electron chi connectivity index (χ3n) is 2.48. The largest absolute Gasteiger partial charge is 0.478 e. The molecule has 0 aromatic heterocycles. The molecule has 0 aliphatic carbocycles. The zero-order valence-corrected chi connectivity index (χ0v) is 11.6. The van der Waals surface area contributed by atoms with Crippen LogP contribution in [0.1, 0.15) is 24.2 Å². The summed E-state index contributed by atoms with van der Waals surface area (Å²) in [5, 5.41) is 13.4. The van der Waals surface area contributed by atoms with Gasteiger partial charge in [-0.15, -0.1) is 0 Å². The molecule has 3 N–H and O–H groups in total. The summed E-state index contributed by atoms with van der Waals surface area (Å²) >= 11 is 0. The van der Waals surface area contributed by atoms with Gasteiger partial charge in [0.15, 0.2) is 0 Å². The van der Waals surface area contributed by atoms with Crippen LogP contribution in [0, 0.1) is 11.6 Å². The van der Waals surface area contributed by atoms with E-state index in [4.69, 9.17) is 9.84 Å². The van der Waals surface area contributed by atoms with E-state index in [1.165, 1.54) is 0 Å². The Kier molecular flexibility index (Phi) is 6.04. The molecular weight excluding hydrogens is 286 g/mol. The van der Waals surface area contributed by atoms with Crippen molar-refractivity contribution in [2.24, 2.45) is 0 Å². The molecule has 0 heterocycles. The van der Waals surface area contributed by atoms with Crippen molar-refractivity contribution < 1.29 is 28.2 Å². The third kappa shape index (κ3) is 4.99. The van der Waals surface area contributed by atoms with Crippen molar-refractivity contribution in [3.63, 3.8) is 0 Å². The number of nitrogens with one attached hydrogen (secondary N) is 2. The van der Waals surface area contributed by atoms with Crippen molar-refractivity contribution in [2.45, 2.75) is 19.9 Å². The molecule has 1 aromatic rings. The molecule has 0 aliphatic heterocycles. The monoisotopic (exact) mass is 302 g/mol. The van der Waals surface area contributed by atoms with E-state index in [0.29, 0.717) is 12.7 Å². The minimum absolute atomic E-state index is 0.274. The molecule has 1 unspecified atom stereocenters. The smallest absolute Gasteiger partial charge is 0.338 e. The SMILES string of the molecule is CCOCC(C)NC(=O)Nc1cc(C(=O)O)c(F)cc1F. The lowest BCUT2D eigenvalue weighted by Gasteiger charge is -2.15. The van der Waals surface area contributed by atoms with Gasteiger partial charge in [0.25, 0.3) is 0 Å². The van der Waals surface area contributed by atoms with Gasteiger partial charge in [-0.25, -0.2) is 18.4 Å². The molecule has 0 fully saturated rings. The van der Waals surface area contributed by atoms with Crippen molar-refractivity contribution in [1.82, 2.24) is 5.32 Å². The Bertz CT molecular complexity index is 537. The zero-order chi connectivity index (χ0) is 16.0. The Balaban J connectivity index is 2.76. The van der Waals surface area contributed by atoms with Crippen LogP contribution in [0.15, 0.2) is 12.1 Å². The van der Waals surface area contributed by atoms with Gasteiger partial charge in [-0.1, -0.05) is 0 Å². The first-order valence-corrected chi connectivity index (χ1v) is 6.22. The van der Waals surface area contributed by atoms with Gasteiger partial charge in [-0.3, -0.25) is 0 Å². The van der Waals surface area contributed by atoms with Crippen molar-refractivity contribution in [1.29, 1.82) is 0 Å². The summed E-state index contributed by atoms with van der Waals surface area (Å²) in [6.45, 7) is 4.24. The van der Waals surface area contributed by atoms with Crippen LogP contribution in [0.2, 0.25) is 0 Å². The number of urea groups is 1. The molecule has 116 valence electrons. The van der Waals surface area contributed by atoms with Gasteiger partial charge < -0.3 is 20.5 Å². The highest BCUT2D eigenvalue weighted by Crippen LogP contribution is 2.19. The van der Waals surface area contributed by atoms with Crippen LogP contribution in [-0.4, -0.2) is 36.4 Å². The van der Waals surface area contributed by atoms with E-state index in [1.54, 1.807) is 13.8 Å². The van der Waals surface area contributed by atoms with Gasteiger partial charge >= 0.3 is 12.0 Å². The van der Waals surface area contributed by atoms with Crippen molar-refractivity contribution in [3.05, 3.63) is 29.3 Å². The lowest BCUT2D eigenvalue weighted by molar-refractivity contribution is 0.0692. The summed E-state index contributed by atoms with van der Waals surface area (Å²) in [7, 11) is 0. The molecule has 0 bridgehead atoms. The van der Waals surface area contributed by atoms with Crippen LogP contribution >= 0.6 is 0 Å².